The summed E-state index contributed by atoms with van der Waals surface area (Å²) in [6.45, 7) is 0.130. The van der Waals surface area contributed by atoms with E-state index >= 15 is 0 Å². The minimum absolute atomic E-state index is 0.130. The molecule has 0 radical (unpaired) electrons. The van der Waals surface area contributed by atoms with Crippen LogP contribution >= 0.6 is 11.8 Å². The number of thioether (sulfide) groups is 1. The average molecular weight is 411 g/mol. The summed E-state index contributed by atoms with van der Waals surface area (Å²) in [5, 5.41) is 8.72. The van der Waals surface area contributed by atoms with Crippen molar-refractivity contribution in [1.29, 1.82) is 0 Å². The summed E-state index contributed by atoms with van der Waals surface area (Å²) < 4.78 is 20.4. The lowest BCUT2D eigenvalue weighted by atomic mass is 10.00. The Morgan fingerprint density at radius 1 is 1.03 bits per heavy atom. The van der Waals surface area contributed by atoms with Crippen molar-refractivity contribution >= 4 is 17.7 Å². The minimum Gasteiger partial charge on any atom is -0.489 e. The third-order valence-corrected chi connectivity index (χ3v) is 5.43. The van der Waals surface area contributed by atoms with Crippen molar-refractivity contribution in [3.8, 4) is 16.9 Å². The smallest absolute Gasteiger partial charge is 0.303 e. The fraction of sp³-hybridized carbons (Fsp3) is 0.208. The topological polar surface area (TPSA) is 46.5 Å². The van der Waals surface area contributed by atoms with Crippen molar-refractivity contribution in [2.75, 3.05) is 6.26 Å². The molecule has 3 aromatic rings. The molecule has 0 aromatic heterocycles. The van der Waals surface area contributed by atoms with Gasteiger partial charge in [-0.2, -0.15) is 0 Å². The fourth-order valence-corrected chi connectivity index (χ4v) is 3.51. The molecule has 0 unspecified atom stereocenters. The van der Waals surface area contributed by atoms with E-state index in [2.05, 4.69) is 0 Å². The Labute approximate surface area is 174 Å². The maximum absolute atomic E-state index is 14.5. The summed E-state index contributed by atoms with van der Waals surface area (Å²) in [6.07, 6.45) is 3.49. The van der Waals surface area contributed by atoms with Gasteiger partial charge in [-0.15, -0.1) is 11.8 Å². The van der Waals surface area contributed by atoms with Crippen molar-refractivity contribution in [2.45, 2.75) is 30.8 Å². The van der Waals surface area contributed by atoms with E-state index in [1.165, 1.54) is 6.07 Å². The second kappa shape index (κ2) is 10.1. The zero-order chi connectivity index (χ0) is 20.6. The van der Waals surface area contributed by atoms with E-state index in [9.17, 15) is 9.18 Å². The van der Waals surface area contributed by atoms with Crippen LogP contribution in [-0.2, 0) is 17.8 Å². The fourth-order valence-electron chi connectivity index (χ4n) is 3.10. The highest BCUT2D eigenvalue weighted by molar-refractivity contribution is 7.98. The van der Waals surface area contributed by atoms with E-state index in [1.54, 1.807) is 17.8 Å². The maximum atomic E-state index is 14.5. The molecular weight excluding hydrogens is 387 g/mol. The summed E-state index contributed by atoms with van der Waals surface area (Å²) in [6, 6.07) is 20.6. The monoisotopic (exact) mass is 410 g/mol. The van der Waals surface area contributed by atoms with E-state index in [-0.39, 0.29) is 18.8 Å². The van der Waals surface area contributed by atoms with Crippen molar-refractivity contribution < 1.29 is 19.0 Å². The number of aliphatic carboxylic acids is 1. The van der Waals surface area contributed by atoms with Crippen LogP contribution in [0.1, 0.15) is 24.0 Å². The Morgan fingerprint density at radius 3 is 2.41 bits per heavy atom. The van der Waals surface area contributed by atoms with Crippen LogP contribution in [0.4, 0.5) is 4.39 Å². The Bertz CT molecular complexity index is 953. The second-order valence-corrected chi connectivity index (χ2v) is 7.55. The van der Waals surface area contributed by atoms with E-state index < -0.39 is 5.97 Å². The van der Waals surface area contributed by atoms with Gasteiger partial charge < -0.3 is 9.84 Å². The number of hydrogen-bond donors (Lipinski definition) is 1. The van der Waals surface area contributed by atoms with Crippen molar-refractivity contribution in [3.63, 3.8) is 0 Å². The predicted octanol–water partition coefficient (Wildman–Crippen LogP) is 6.20. The first-order valence-electron chi connectivity index (χ1n) is 9.42. The number of rotatable bonds is 9. The molecule has 3 nitrogen and oxygen atoms in total. The lowest BCUT2D eigenvalue weighted by Crippen LogP contribution is -2.01. The van der Waals surface area contributed by atoms with Gasteiger partial charge in [-0.1, -0.05) is 36.4 Å². The molecule has 0 atom stereocenters. The van der Waals surface area contributed by atoms with Crippen LogP contribution < -0.4 is 4.74 Å². The third kappa shape index (κ3) is 5.84. The Balaban J connectivity index is 1.69. The largest absolute Gasteiger partial charge is 0.489 e. The molecule has 0 heterocycles. The van der Waals surface area contributed by atoms with Gasteiger partial charge in [-0.25, -0.2) is 4.39 Å². The van der Waals surface area contributed by atoms with Crippen LogP contribution in [0.15, 0.2) is 71.6 Å². The number of hydrogen-bond acceptors (Lipinski definition) is 3. The first-order chi connectivity index (χ1) is 14.1. The van der Waals surface area contributed by atoms with Crippen LogP contribution in [-0.4, -0.2) is 17.3 Å². The van der Waals surface area contributed by atoms with Crippen molar-refractivity contribution in [3.05, 3.63) is 83.7 Å². The van der Waals surface area contributed by atoms with Crippen LogP contribution in [0.5, 0.6) is 5.75 Å². The molecule has 5 heteroatoms. The number of carboxylic acids is 1. The van der Waals surface area contributed by atoms with Crippen LogP contribution in [0.25, 0.3) is 11.1 Å². The van der Waals surface area contributed by atoms with Gasteiger partial charge in [0.15, 0.2) is 0 Å². The molecule has 3 rings (SSSR count). The number of aryl methyl sites for hydroxylation is 1. The van der Waals surface area contributed by atoms with Gasteiger partial charge in [0.2, 0.25) is 0 Å². The molecule has 0 spiro atoms. The molecule has 0 bridgehead atoms. The highest BCUT2D eigenvalue weighted by atomic mass is 32.2. The first-order valence-corrected chi connectivity index (χ1v) is 10.6. The zero-order valence-electron chi connectivity index (χ0n) is 16.2. The molecule has 0 amide bonds. The van der Waals surface area contributed by atoms with Gasteiger partial charge in [0.05, 0.1) is 0 Å². The molecule has 0 aliphatic carbocycles. The molecule has 29 heavy (non-hydrogen) atoms. The standard InChI is InChI=1S/C24H23FO3S/c1-29-20-14-10-18(11-15-20)21-5-3-6-23(25)22(21)16-28-19-12-8-17(9-13-19)4-2-7-24(26)27/h3,5-6,8-15H,2,4,7,16H2,1H3,(H,26,27). The summed E-state index contributed by atoms with van der Waals surface area (Å²) in [5.41, 5.74) is 3.35. The van der Waals surface area contributed by atoms with E-state index in [0.29, 0.717) is 24.2 Å². The molecule has 0 aliphatic heterocycles. The summed E-state index contributed by atoms with van der Waals surface area (Å²) >= 11 is 1.67. The molecule has 150 valence electrons. The van der Waals surface area contributed by atoms with Crippen LogP contribution in [0, 0.1) is 5.82 Å². The molecule has 1 N–H and O–H groups in total. The van der Waals surface area contributed by atoms with Gasteiger partial charge in [0.1, 0.15) is 18.2 Å². The van der Waals surface area contributed by atoms with Gasteiger partial charge in [0.25, 0.3) is 0 Å². The lowest BCUT2D eigenvalue weighted by Gasteiger charge is -2.13. The van der Waals surface area contributed by atoms with Gasteiger partial charge in [-0.3, -0.25) is 4.79 Å². The highest BCUT2D eigenvalue weighted by Gasteiger charge is 2.11. The van der Waals surface area contributed by atoms with Crippen molar-refractivity contribution in [1.82, 2.24) is 0 Å². The quantitative estimate of drug-likeness (QED) is 0.427. The van der Waals surface area contributed by atoms with E-state index in [4.69, 9.17) is 9.84 Å². The normalized spacial score (nSPS) is 10.7. The second-order valence-electron chi connectivity index (χ2n) is 6.67. The Kier molecular flexibility index (Phi) is 7.30. The van der Waals surface area contributed by atoms with Crippen LogP contribution in [0.3, 0.4) is 0 Å². The van der Waals surface area contributed by atoms with E-state index in [0.717, 1.165) is 21.6 Å². The number of carbonyl (C=O) groups is 1. The molecule has 0 saturated heterocycles. The summed E-state index contributed by atoms with van der Waals surface area (Å²) in [7, 11) is 0. The Hall–Kier alpha value is -2.79. The van der Waals surface area contributed by atoms with Crippen molar-refractivity contribution in [2.24, 2.45) is 0 Å². The van der Waals surface area contributed by atoms with Gasteiger partial charge in [0, 0.05) is 16.9 Å². The summed E-state index contributed by atoms with van der Waals surface area (Å²) in [5.74, 6) is -0.422. The number of benzene rings is 3. The molecule has 0 fully saturated rings. The number of carboxylic acid groups (broad SMARTS) is 1. The zero-order valence-corrected chi connectivity index (χ0v) is 17.0. The molecular formula is C24H23FO3S. The lowest BCUT2D eigenvalue weighted by molar-refractivity contribution is -0.137. The molecule has 0 aliphatic rings. The third-order valence-electron chi connectivity index (χ3n) is 4.68. The Morgan fingerprint density at radius 2 is 1.76 bits per heavy atom. The maximum Gasteiger partial charge on any atom is 0.303 e. The summed E-state index contributed by atoms with van der Waals surface area (Å²) in [4.78, 5) is 11.8. The number of ether oxygens (including phenoxy) is 1. The minimum atomic E-state index is -0.784. The number of halogens is 1. The van der Waals surface area contributed by atoms with E-state index in [1.807, 2.05) is 60.9 Å². The molecule has 3 aromatic carbocycles. The predicted molar refractivity (Wildman–Crippen MR) is 115 cm³/mol. The van der Waals surface area contributed by atoms with Gasteiger partial charge >= 0.3 is 5.97 Å². The SMILES string of the molecule is CSc1ccc(-c2cccc(F)c2COc2ccc(CCCC(=O)O)cc2)cc1. The first kappa shape index (κ1) is 20.9. The average Bonchev–Trinajstić information content (AvgIpc) is 2.73. The van der Waals surface area contributed by atoms with Gasteiger partial charge in [-0.05, 0) is 66.1 Å². The van der Waals surface area contributed by atoms with Crippen LogP contribution in [0.2, 0.25) is 0 Å². The molecule has 0 saturated carbocycles. The highest BCUT2D eigenvalue weighted by Crippen LogP contribution is 2.29.